The van der Waals surface area contributed by atoms with Crippen LogP contribution in [0.15, 0.2) is 42.5 Å². The molecule has 156 valence electrons. The van der Waals surface area contributed by atoms with E-state index >= 15 is 0 Å². The van der Waals surface area contributed by atoms with Crippen LogP contribution in [0.4, 0.5) is 0 Å². The lowest BCUT2D eigenvalue weighted by molar-refractivity contribution is -0.124. The van der Waals surface area contributed by atoms with Gasteiger partial charge in [0.2, 0.25) is 0 Å². The number of rotatable bonds is 10. The SMILES string of the molecule is COc1ccc(CCNC(=O)COC(=O)c2ccc(CC(C)C)cc2)cc1OC. The maximum absolute atomic E-state index is 12.1. The fourth-order valence-corrected chi connectivity index (χ4v) is 2.90. The lowest BCUT2D eigenvalue weighted by atomic mass is 10.0. The van der Waals surface area contributed by atoms with E-state index in [2.05, 4.69) is 19.2 Å². The van der Waals surface area contributed by atoms with Gasteiger partial charge in [0.15, 0.2) is 18.1 Å². The van der Waals surface area contributed by atoms with Crippen LogP contribution in [-0.4, -0.2) is 39.2 Å². The van der Waals surface area contributed by atoms with E-state index in [0.29, 0.717) is 35.9 Å². The van der Waals surface area contributed by atoms with Gasteiger partial charge in [-0.15, -0.1) is 0 Å². The van der Waals surface area contributed by atoms with Gasteiger partial charge in [-0.2, -0.15) is 0 Å². The van der Waals surface area contributed by atoms with Crippen molar-refractivity contribution in [1.82, 2.24) is 5.32 Å². The fourth-order valence-electron chi connectivity index (χ4n) is 2.90. The van der Waals surface area contributed by atoms with Gasteiger partial charge in [-0.3, -0.25) is 4.79 Å². The van der Waals surface area contributed by atoms with Crippen molar-refractivity contribution >= 4 is 11.9 Å². The number of hydrogen-bond donors (Lipinski definition) is 1. The Morgan fingerprint density at radius 3 is 2.21 bits per heavy atom. The Morgan fingerprint density at radius 2 is 1.59 bits per heavy atom. The standard InChI is InChI=1S/C23H29NO5/c1-16(2)13-17-5-8-19(9-6-17)23(26)29-15-22(25)24-12-11-18-7-10-20(27-3)21(14-18)28-4/h5-10,14,16H,11-13,15H2,1-4H3,(H,24,25). The van der Waals surface area contributed by atoms with Gasteiger partial charge in [0.05, 0.1) is 19.8 Å². The van der Waals surface area contributed by atoms with Crippen LogP contribution in [0.5, 0.6) is 11.5 Å². The molecule has 2 rings (SSSR count). The van der Waals surface area contributed by atoms with Crippen LogP contribution in [0.1, 0.15) is 35.3 Å². The van der Waals surface area contributed by atoms with Gasteiger partial charge < -0.3 is 19.5 Å². The van der Waals surface area contributed by atoms with Crippen molar-refractivity contribution in [3.05, 3.63) is 59.2 Å². The summed E-state index contributed by atoms with van der Waals surface area (Å²) in [6.07, 6.45) is 1.58. The van der Waals surface area contributed by atoms with E-state index < -0.39 is 5.97 Å². The maximum Gasteiger partial charge on any atom is 0.338 e. The highest BCUT2D eigenvalue weighted by Crippen LogP contribution is 2.27. The molecule has 0 aromatic heterocycles. The second-order valence-electron chi connectivity index (χ2n) is 7.16. The number of hydrogen-bond acceptors (Lipinski definition) is 5. The quantitative estimate of drug-likeness (QED) is 0.620. The summed E-state index contributed by atoms with van der Waals surface area (Å²) in [4.78, 5) is 24.0. The Hall–Kier alpha value is -3.02. The molecule has 0 bridgehead atoms. The van der Waals surface area contributed by atoms with Crippen molar-refractivity contribution in [2.75, 3.05) is 27.4 Å². The first-order chi connectivity index (χ1) is 13.9. The van der Waals surface area contributed by atoms with E-state index in [9.17, 15) is 9.59 Å². The zero-order chi connectivity index (χ0) is 21.2. The van der Waals surface area contributed by atoms with Gasteiger partial charge in [0.25, 0.3) is 5.91 Å². The molecular weight excluding hydrogens is 370 g/mol. The Bertz CT molecular complexity index is 815. The Labute approximate surface area is 172 Å². The molecule has 6 heteroatoms. The van der Waals surface area contributed by atoms with E-state index in [0.717, 1.165) is 12.0 Å². The first-order valence-electron chi connectivity index (χ1n) is 9.66. The van der Waals surface area contributed by atoms with Crippen molar-refractivity contribution < 1.29 is 23.8 Å². The molecule has 0 heterocycles. The number of nitrogens with one attached hydrogen (secondary N) is 1. The summed E-state index contributed by atoms with van der Waals surface area (Å²) in [6.45, 7) is 4.41. The van der Waals surface area contributed by atoms with E-state index in [1.54, 1.807) is 26.4 Å². The third-order valence-electron chi connectivity index (χ3n) is 4.35. The predicted molar refractivity (Wildman–Crippen MR) is 112 cm³/mol. The highest BCUT2D eigenvalue weighted by molar-refractivity contribution is 5.91. The summed E-state index contributed by atoms with van der Waals surface area (Å²) < 4.78 is 15.6. The Balaban J connectivity index is 1.74. The third-order valence-corrected chi connectivity index (χ3v) is 4.35. The highest BCUT2D eigenvalue weighted by atomic mass is 16.5. The third kappa shape index (κ3) is 7.14. The summed E-state index contributed by atoms with van der Waals surface area (Å²) in [5.41, 5.74) is 2.61. The van der Waals surface area contributed by atoms with Crippen molar-refractivity contribution in [2.24, 2.45) is 5.92 Å². The molecule has 29 heavy (non-hydrogen) atoms. The minimum absolute atomic E-state index is 0.307. The number of esters is 1. The van der Waals surface area contributed by atoms with Gasteiger partial charge in [-0.05, 0) is 54.2 Å². The topological polar surface area (TPSA) is 73.9 Å². The van der Waals surface area contributed by atoms with Gasteiger partial charge in [0.1, 0.15) is 0 Å². The molecule has 0 fully saturated rings. The minimum Gasteiger partial charge on any atom is -0.493 e. The summed E-state index contributed by atoms with van der Waals surface area (Å²) in [6, 6.07) is 12.9. The van der Waals surface area contributed by atoms with Crippen LogP contribution in [0.2, 0.25) is 0 Å². The summed E-state index contributed by atoms with van der Waals surface area (Å²) in [5.74, 6) is 1.01. The predicted octanol–water partition coefficient (Wildman–Crippen LogP) is 3.42. The Morgan fingerprint density at radius 1 is 0.931 bits per heavy atom. The number of methoxy groups -OCH3 is 2. The van der Waals surface area contributed by atoms with Crippen LogP contribution in [-0.2, 0) is 22.4 Å². The second kappa shape index (κ2) is 11.1. The molecule has 2 aromatic rings. The normalized spacial score (nSPS) is 10.5. The maximum atomic E-state index is 12.1. The average Bonchev–Trinajstić information content (AvgIpc) is 2.72. The molecule has 0 aliphatic heterocycles. The van der Waals surface area contributed by atoms with Crippen LogP contribution < -0.4 is 14.8 Å². The zero-order valence-electron chi connectivity index (χ0n) is 17.5. The lowest BCUT2D eigenvalue weighted by Crippen LogP contribution is -2.30. The molecule has 0 spiro atoms. The number of carbonyl (C=O) groups excluding carboxylic acids is 2. The molecule has 0 radical (unpaired) electrons. The van der Waals surface area contributed by atoms with Crippen LogP contribution >= 0.6 is 0 Å². The number of amides is 1. The van der Waals surface area contributed by atoms with E-state index in [-0.39, 0.29) is 12.5 Å². The van der Waals surface area contributed by atoms with E-state index in [1.807, 2.05) is 30.3 Å². The highest BCUT2D eigenvalue weighted by Gasteiger charge is 2.11. The molecule has 1 amide bonds. The molecular formula is C23H29NO5. The number of benzene rings is 2. The Kier molecular flexibility index (Phi) is 8.52. The average molecular weight is 399 g/mol. The summed E-state index contributed by atoms with van der Waals surface area (Å²) in [5, 5.41) is 2.75. The smallest absolute Gasteiger partial charge is 0.338 e. The zero-order valence-corrected chi connectivity index (χ0v) is 17.5. The van der Waals surface area contributed by atoms with Crippen LogP contribution in [0.25, 0.3) is 0 Å². The molecule has 0 atom stereocenters. The molecule has 0 aliphatic rings. The molecule has 0 unspecified atom stereocenters. The van der Waals surface area contributed by atoms with Crippen molar-refractivity contribution in [1.29, 1.82) is 0 Å². The lowest BCUT2D eigenvalue weighted by Gasteiger charge is -2.10. The molecule has 0 aliphatic carbocycles. The largest absolute Gasteiger partial charge is 0.493 e. The fraction of sp³-hybridized carbons (Fsp3) is 0.391. The number of ether oxygens (including phenoxy) is 3. The molecule has 2 aromatic carbocycles. The summed E-state index contributed by atoms with van der Waals surface area (Å²) >= 11 is 0. The first-order valence-corrected chi connectivity index (χ1v) is 9.66. The molecule has 0 saturated heterocycles. The molecule has 0 saturated carbocycles. The van der Waals surface area contributed by atoms with E-state index in [1.165, 1.54) is 5.56 Å². The van der Waals surface area contributed by atoms with Gasteiger partial charge in [0, 0.05) is 6.54 Å². The second-order valence-corrected chi connectivity index (χ2v) is 7.16. The molecule has 6 nitrogen and oxygen atoms in total. The van der Waals surface area contributed by atoms with E-state index in [4.69, 9.17) is 14.2 Å². The summed E-state index contributed by atoms with van der Waals surface area (Å²) in [7, 11) is 3.16. The van der Waals surface area contributed by atoms with Gasteiger partial charge >= 0.3 is 5.97 Å². The van der Waals surface area contributed by atoms with Crippen LogP contribution in [0, 0.1) is 5.92 Å². The number of carbonyl (C=O) groups is 2. The minimum atomic E-state index is -0.504. The molecule has 1 N–H and O–H groups in total. The van der Waals surface area contributed by atoms with Crippen molar-refractivity contribution in [3.8, 4) is 11.5 Å². The van der Waals surface area contributed by atoms with Gasteiger partial charge in [-0.1, -0.05) is 32.0 Å². The van der Waals surface area contributed by atoms with Crippen molar-refractivity contribution in [3.63, 3.8) is 0 Å². The first kappa shape index (κ1) is 22.3. The monoisotopic (exact) mass is 399 g/mol. The van der Waals surface area contributed by atoms with Gasteiger partial charge in [-0.25, -0.2) is 4.79 Å². The van der Waals surface area contributed by atoms with Crippen LogP contribution in [0.3, 0.4) is 0 Å². The van der Waals surface area contributed by atoms with Crippen molar-refractivity contribution in [2.45, 2.75) is 26.7 Å².